The minimum atomic E-state index is -1.26. The van der Waals surface area contributed by atoms with E-state index >= 15 is 0 Å². The third-order valence-corrected chi connectivity index (χ3v) is 6.81. The van der Waals surface area contributed by atoms with Crippen LogP contribution in [0, 0.1) is 24.7 Å². The lowest BCUT2D eigenvalue weighted by Crippen LogP contribution is -2.29. The highest BCUT2D eigenvalue weighted by Gasteiger charge is 2.39. The Morgan fingerprint density at radius 2 is 1.14 bits per heavy atom. The molecule has 2 aliphatic rings. The molecule has 6 rings (SSSR count). The number of carbonyl (C=O) groups excluding carboxylic acids is 4. The summed E-state index contributed by atoms with van der Waals surface area (Å²) in [6.45, 7) is 0. The quantitative estimate of drug-likeness (QED) is 0.280. The predicted octanol–water partition coefficient (Wildman–Crippen LogP) is 4.74. The summed E-state index contributed by atoms with van der Waals surface area (Å²) in [6, 6.07) is 19.0. The van der Waals surface area contributed by atoms with Crippen LogP contribution >= 0.6 is 0 Å². The molecule has 0 unspecified atom stereocenters. The molecule has 0 spiro atoms. The number of aromatic carboxylic acids is 1. The average Bonchev–Trinajstić information content (AvgIpc) is 3.40. The van der Waals surface area contributed by atoms with Gasteiger partial charge >= 0.3 is 5.97 Å². The van der Waals surface area contributed by atoms with E-state index in [0.717, 1.165) is 9.80 Å². The first-order valence-corrected chi connectivity index (χ1v) is 12.4. The third kappa shape index (κ3) is 4.06. The number of fused-ring (bicyclic) bond motifs is 2. The zero-order chi connectivity index (χ0) is 29.7. The van der Waals surface area contributed by atoms with Gasteiger partial charge in [-0.05, 0) is 72.8 Å². The highest BCUT2D eigenvalue weighted by atomic mass is 16.5. The Kier molecular flexibility index (Phi) is 5.92. The summed E-state index contributed by atoms with van der Waals surface area (Å²) in [4.78, 5) is 66.0. The normalized spacial score (nSPS) is 13.5. The van der Waals surface area contributed by atoms with Gasteiger partial charge in [0.2, 0.25) is 0 Å². The fourth-order valence-electron chi connectivity index (χ4n) is 4.85. The van der Waals surface area contributed by atoms with E-state index in [0.29, 0.717) is 11.3 Å². The molecule has 9 heteroatoms. The monoisotopic (exact) mass is 552 g/mol. The maximum absolute atomic E-state index is 13.3. The first-order valence-electron chi connectivity index (χ1n) is 12.4. The zero-order valence-electron chi connectivity index (χ0n) is 21.5. The van der Waals surface area contributed by atoms with Gasteiger partial charge in [0.05, 0.1) is 39.2 Å². The molecule has 9 nitrogen and oxygen atoms in total. The Morgan fingerprint density at radius 1 is 0.619 bits per heavy atom. The Bertz CT molecular complexity index is 2010. The summed E-state index contributed by atoms with van der Waals surface area (Å²) in [5, 5.41) is 9.41. The molecule has 1 N–H and O–H groups in total. The molecule has 0 fully saturated rings. The van der Waals surface area contributed by atoms with Gasteiger partial charge in [-0.25, -0.2) is 14.6 Å². The number of ether oxygens (including phenoxy) is 1. The number of carboxylic acid groups (broad SMARTS) is 1. The maximum Gasteiger partial charge on any atom is 0.335 e. The van der Waals surface area contributed by atoms with Gasteiger partial charge in [0, 0.05) is 11.1 Å². The zero-order valence-corrected chi connectivity index (χ0v) is 21.5. The number of anilines is 2. The summed E-state index contributed by atoms with van der Waals surface area (Å²) >= 11 is 0. The van der Waals surface area contributed by atoms with Crippen molar-refractivity contribution in [1.82, 2.24) is 0 Å². The predicted molar refractivity (Wildman–Crippen MR) is 151 cm³/mol. The number of benzene rings is 4. The van der Waals surface area contributed by atoms with Crippen LogP contribution in [0.15, 0.2) is 78.9 Å². The van der Waals surface area contributed by atoms with E-state index in [1.165, 1.54) is 54.6 Å². The Balaban J connectivity index is 1.28. The van der Waals surface area contributed by atoms with E-state index in [4.69, 9.17) is 17.6 Å². The summed E-state index contributed by atoms with van der Waals surface area (Å²) in [6.07, 6.45) is 10.9. The Labute approximate surface area is 238 Å². The minimum Gasteiger partial charge on any atom is -0.478 e. The van der Waals surface area contributed by atoms with E-state index in [2.05, 4.69) is 11.8 Å². The van der Waals surface area contributed by atoms with E-state index in [-0.39, 0.29) is 50.6 Å². The lowest BCUT2D eigenvalue weighted by Gasteiger charge is -2.15. The van der Waals surface area contributed by atoms with Crippen LogP contribution in [0.5, 0.6) is 11.5 Å². The first kappa shape index (κ1) is 25.8. The number of carboxylic acids is 1. The van der Waals surface area contributed by atoms with Gasteiger partial charge in [-0.3, -0.25) is 19.2 Å². The maximum atomic E-state index is 13.3. The van der Waals surface area contributed by atoms with E-state index < -0.39 is 29.6 Å². The molecule has 0 atom stereocenters. The molecule has 0 bridgehead atoms. The van der Waals surface area contributed by atoms with Gasteiger partial charge in [0.1, 0.15) is 11.5 Å². The van der Waals surface area contributed by atoms with Gasteiger partial charge in [-0.2, -0.15) is 0 Å². The lowest BCUT2D eigenvalue weighted by atomic mass is 10.1. The van der Waals surface area contributed by atoms with Gasteiger partial charge in [-0.1, -0.05) is 17.9 Å². The van der Waals surface area contributed by atoms with Crippen LogP contribution in [-0.4, -0.2) is 34.7 Å². The molecule has 4 aromatic carbocycles. The minimum absolute atomic E-state index is 0.0238. The molecular weight excluding hydrogens is 536 g/mol. The smallest absolute Gasteiger partial charge is 0.335 e. The molecule has 0 aliphatic carbocycles. The second kappa shape index (κ2) is 9.63. The number of carbonyl (C=O) groups is 5. The van der Waals surface area contributed by atoms with Crippen LogP contribution in [0.25, 0.3) is 0 Å². The lowest BCUT2D eigenvalue weighted by molar-refractivity contribution is 0.0695. The molecule has 2 heterocycles. The Morgan fingerprint density at radius 3 is 1.69 bits per heavy atom. The molecule has 2 aliphatic heterocycles. The molecule has 0 aromatic heterocycles. The molecule has 0 saturated carbocycles. The van der Waals surface area contributed by atoms with Crippen LogP contribution in [0.1, 0.15) is 62.9 Å². The summed E-state index contributed by atoms with van der Waals surface area (Å²) in [5.41, 5.74) is 1.35. The number of terminal acetylenes is 2. The summed E-state index contributed by atoms with van der Waals surface area (Å²) < 4.78 is 5.91. The van der Waals surface area contributed by atoms with Crippen molar-refractivity contribution < 1.29 is 33.8 Å². The van der Waals surface area contributed by atoms with Crippen LogP contribution in [0.2, 0.25) is 0 Å². The van der Waals surface area contributed by atoms with Crippen molar-refractivity contribution in [2.24, 2.45) is 0 Å². The van der Waals surface area contributed by atoms with Crippen molar-refractivity contribution in [3.8, 4) is 36.2 Å². The largest absolute Gasteiger partial charge is 0.478 e. The van der Waals surface area contributed by atoms with Gasteiger partial charge in [0.15, 0.2) is 0 Å². The fourth-order valence-corrected chi connectivity index (χ4v) is 4.85. The van der Waals surface area contributed by atoms with Gasteiger partial charge < -0.3 is 9.84 Å². The topological polar surface area (TPSA) is 121 Å². The van der Waals surface area contributed by atoms with Crippen molar-refractivity contribution in [1.29, 1.82) is 0 Å². The molecule has 200 valence electrons. The first-order chi connectivity index (χ1) is 20.2. The highest BCUT2D eigenvalue weighted by Crippen LogP contribution is 2.35. The molecule has 42 heavy (non-hydrogen) atoms. The number of hydrogen-bond donors (Lipinski definition) is 1. The number of imide groups is 2. The fraction of sp³-hybridized carbons (Fsp3) is 0. The average molecular weight is 552 g/mol. The van der Waals surface area contributed by atoms with Crippen LogP contribution in [-0.2, 0) is 0 Å². The van der Waals surface area contributed by atoms with Crippen molar-refractivity contribution in [2.75, 3.05) is 9.80 Å². The second-order valence-electron chi connectivity index (χ2n) is 9.32. The van der Waals surface area contributed by atoms with Crippen molar-refractivity contribution in [3.63, 3.8) is 0 Å². The SMILES string of the molecule is C#Cc1cccc(N2C(=O)c3ccc(Oc4ccc5c(c4)C(=O)N(c4cc(C#C)cc(C(=O)O)c4)C5=O)cc3C2=O)c1. The van der Waals surface area contributed by atoms with Crippen LogP contribution < -0.4 is 14.5 Å². The number of hydrogen-bond acceptors (Lipinski definition) is 6. The third-order valence-electron chi connectivity index (χ3n) is 6.81. The number of rotatable bonds is 5. The molecule has 4 amide bonds. The van der Waals surface area contributed by atoms with Crippen LogP contribution in [0.4, 0.5) is 11.4 Å². The summed E-state index contributed by atoms with van der Waals surface area (Å²) in [7, 11) is 0. The summed E-state index contributed by atoms with van der Waals surface area (Å²) in [5.74, 6) is 1.56. The van der Waals surface area contributed by atoms with E-state index in [1.54, 1.807) is 24.3 Å². The van der Waals surface area contributed by atoms with Crippen molar-refractivity contribution >= 4 is 41.0 Å². The van der Waals surface area contributed by atoms with Gasteiger partial charge in [-0.15, -0.1) is 12.8 Å². The van der Waals surface area contributed by atoms with E-state index in [9.17, 15) is 29.1 Å². The van der Waals surface area contributed by atoms with Crippen molar-refractivity contribution in [3.05, 3.63) is 118 Å². The second-order valence-corrected chi connectivity index (χ2v) is 9.32. The Hall–Kier alpha value is -6.45. The molecular formula is C33H16N2O7. The molecule has 0 saturated heterocycles. The highest BCUT2D eigenvalue weighted by molar-refractivity contribution is 6.35. The molecule has 0 radical (unpaired) electrons. The number of amides is 4. The molecule has 4 aromatic rings. The van der Waals surface area contributed by atoms with Crippen LogP contribution in [0.3, 0.4) is 0 Å². The standard InChI is InChI=1S/C33H16N2O7/c1-3-18-6-5-7-21(13-18)34-29(36)25-10-8-23(16-27(25)31(34)38)42-24-9-11-26-28(17-24)32(39)35(30(26)37)22-14-19(4-2)12-20(15-22)33(40)41/h1-2,5-17H,(H,40,41). The van der Waals surface area contributed by atoms with Crippen molar-refractivity contribution in [2.45, 2.75) is 0 Å². The number of nitrogens with zero attached hydrogens (tertiary/aromatic N) is 2. The van der Waals surface area contributed by atoms with E-state index in [1.807, 2.05) is 0 Å². The van der Waals surface area contributed by atoms with Gasteiger partial charge in [0.25, 0.3) is 23.6 Å².